The molecule has 2 nitrogen and oxygen atoms in total. The summed E-state index contributed by atoms with van der Waals surface area (Å²) in [6.07, 6.45) is 0.891. The van der Waals surface area contributed by atoms with E-state index in [1.165, 1.54) is 0 Å². The predicted molar refractivity (Wildman–Crippen MR) is 88.0 cm³/mol. The fourth-order valence-corrected chi connectivity index (χ4v) is 2.37. The average Bonchev–Trinajstić information content (AvgIpc) is 2.61. The van der Waals surface area contributed by atoms with Gasteiger partial charge in [-0.05, 0) is 34.9 Å². The fourth-order valence-electron chi connectivity index (χ4n) is 2.37. The van der Waals surface area contributed by atoms with E-state index in [9.17, 15) is 4.79 Å². The highest BCUT2D eigenvalue weighted by molar-refractivity contribution is 5.87. The Morgan fingerprint density at radius 2 is 1.59 bits per heavy atom. The fraction of sp³-hybridized carbons (Fsp3) is 0.0500. The third kappa shape index (κ3) is 3.23. The van der Waals surface area contributed by atoms with E-state index in [0.29, 0.717) is 12.2 Å². The molecule has 0 amide bonds. The summed E-state index contributed by atoms with van der Waals surface area (Å²) in [4.78, 5) is 11.2. The zero-order chi connectivity index (χ0) is 15.2. The van der Waals surface area contributed by atoms with E-state index in [0.717, 1.165) is 28.7 Å². The maximum absolute atomic E-state index is 11.2. The first-order chi connectivity index (χ1) is 10.9. The number of hydrogen-bond acceptors (Lipinski definition) is 2. The highest BCUT2D eigenvalue weighted by Gasteiger charge is 2.05. The van der Waals surface area contributed by atoms with Crippen LogP contribution in [0.5, 0.6) is 5.75 Å². The average molecular weight is 288 g/mol. The van der Waals surface area contributed by atoms with Crippen LogP contribution in [0.2, 0.25) is 0 Å². The minimum absolute atomic E-state index is 0.501. The second kappa shape index (κ2) is 6.72. The van der Waals surface area contributed by atoms with E-state index in [4.69, 9.17) is 4.74 Å². The third-order valence-corrected chi connectivity index (χ3v) is 3.47. The third-order valence-electron chi connectivity index (χ3n) is 3.47. The van der Waals surface area contributed by atoms with Crippen molar-refractivity contribution >= 4 is 6.29 Å². The Labute approximate surface area is 130 Å². The van der Waals surface area contributed by atoms with Gasteiger partial charge < -0.3 is 4.74 Å². The summed E-state index contributed by atoms with van der Waals surface area (Å²) in [5, 5.41) is 0. The standard InChI is InChI=1S/C20H16O2/c21-14-18-8-4-5-12-20(18)17-9-6-7-16(13-17)15-22-19-10-2-1-3-11-19/h1-14H,15H2. The number of carbonyl (C=O) groups is 1. The summed E-state index contributed by atoms with van der Waals surface area (Å²) in [6.45, 7) is 0.501. The summed E-state index contributed by atoms with van der Waals surface area (Å²) in [5.74, 6) is 0.848. The molecule has 0 radical (unpaired) electrons. The van der Waals surface area contributed by atoms with Gasteiger partial charge in [0.25, 0.3) is 0 Å². The molecule has 0 unspecified atom stereocenters. The highest BCUT2D eigenvalue weighted by Crippen LogP contribution is 2.24. The van der Waals surface area contributed by atoms with Gasteiger partial charge in [-0.1, -0.05) is 60.7 Å². The molecule has 0 fully saturated rings. The summed E-state index contributed by atoms with van der Waals surface area (Å²) >= 11 is 0. The van der Waals surface area contributed by atoms with Gasteiger partial charge in [-0.2, -0.15) is 0 Å². The van der Waals surface area contributed by atoms with Gasteiger partial charge in [-0.25, -0.2) is 0 Å². The van der Waals surface area contributed by atoms with E-state index in [1.54, 1.807) is 0 Å². The van der Waals surface area contributed by atoms with Gasteiger partial charge in [0.05, 0.1) is 0 Å². The van der Waals surface area contributed by atoms with Crippen LogP contribution in [0.15, 0.2) is 78.9 Å². The van der Waals surface area contributed by atoms with Crippen molar-refractivity contribution in [1.82, 2.24) is 0 Å². The summed E-state index contributed by atoms with van der Waals surface area (Å²) in [6, 6.07) is 25.4. The lowest BCUT2D eigenvalue weighted by atomic mass is 9.99. The van der Waals surface area contributed by atoms with Crippen molar-refractivity contribution in [1.29, 1.82) is 0 Å². The number of para-hydroxylation sites is 1. The van der Waals surface area contributed by atoms with Gasteiger partial charge in [0.1, 0.15) is 12.4 Å². The van der Waals surface area contributed by atoms with Crippen molar-refractivity contribution in [3.8, 4) is 16.9 Å². The van der Waals surface area contributed by atoms with E-state index in [-0.39, 0.29) is 0 Å². The number of benzene rings is 3. The van der Waals surface area contributed by atoms with Crippen molar-refractivity contribution in [2.24, 2.45) is 0 Å². The topological polar surface area (TPSA) is 26.3 Å². The molecular formula is C20H16O2. The molecule has 0 N–H and O–H groups in total. The van der Waals surface area contributed by atoms with Gasteiger partial charge in [0.2, 0.25) is 0 Å². The molecule has 3 aromatic rings. The van der Waals surface area contributed by atoms with Crippen LogP contribution < -0.4 is 4.74 Å². The molecule has 2 heteroatoms. The van der Waals surface area contributed by atoms with Gasteiger partial charge in [-0.3, -0.25) is 4.79 Å². The summed E-state index contributed by atoms with van der Waals surface area (Å²) in [7, 11) is 0. The number of hydrogen-bond donors (Lipinski definition) is 0. The summed E-state index contributed by atoms with van der Waals surface area (Å²) in [5.41, 5.74) is 3.74. The van der Waals surface area contributed by atoms with Crippen LogP contribution in [-0.2, 0) is 6.61 Å². The van der Waals surface area contributed by atoms with Crippen molar-refractivity contribution in [2.75, 3.05) is 0 Å². The van der Waals surface area contributed by atoms with Crippen LogP contribution in [0.25, 0.3) is 11.1 Å². The molecule has 0 aliphatic carbocycles. The van der Waals surface area contributed by atoms with Crippen LogP contribution in [0.1, 0.15) is 15.9 Å². The molecular weight excluding hydrogens is 272 g/mol. The lowest BCUT2D eigenvalue weighted by Crippen LogP contribution is -1.96. The lowest BCUT2D eigenvalue weighted by Gasteiger charge is -2.09. The minimum atomic E-state index is 0.501. The smallest absolute Gasteiger partial charge is 0.150 e. The van der Waals surface area contributed by atoms with Crippen molar-refractivity contribution < 1.29 is 9.53 Å². The van der Waals surface area contributed by atoms with Gasteiger partial charge >= 0.3 is 0 Å². The molecule has 22 heavy (non-hydrogen) atoms. The Morgan fingerprint density at radius 1 is 0.818 bits per heavy atom. The molecule has 0 saturated carbocycles. The maximum atomic E-state index is 11.2. The normalized spacial score (nSPS) is 10.2. The van der Waals surface area contributed by atoms with E-state index in [1.807, 2.05) is 72.8 Å². The number of rotatable bonds is 5. The molecule has 0 aliphatic heterocycles. The largest absolute Gasteiger partial charge is 0.489 e. The van der Waals surface area contributed by atoms with Crippen LogP contribution >= 0.6 is 0 Å². The Balaban J connectivity index is 1.82. The van der Waals surface area contributed by atoms with Gasteiger partial charge in [0, 0.05) is 5.56 Å². The molecule has 0 heterocycles. The zero-order valence-corrected chi connectivity index (χ0v) is 12.1. The number of carbonyl (C=O) groups excluding carboxylic acids is 1. The van der Waals surface area contributed by atoms with E-state index < -0.39 is 0 Å². The molecule has 0 atom stereocenters. The molecule has 3 rings (SSSR count). The van der Waals surface area contributed by atoms with Crippen LogP contribution in [0.4, 0.5) is 0 Å². The Hall–Kier alpha value is -2.87. The Kier molecular flexibility index (Phi) is 4.30. The molecule has 0 bridgehead atoms. The van der Waals surface area contributed by atoms with E-state index in [2.05, 4.69) is 6.07 Å². The van der Waals surface area contributed by atoms with Crippen LogP contribution in [0.3, 0.4) is 0 Å². The molecule has 0 spiro atoms. The maximum Gasteiger partial charge on any atom is 0.150 e. The SMILES string of the molecule is O=Cc1ccccc1-c1cccc(COc2ccccc2)c1. The molecule has 108 valence electrons. The van der Waals surface area contributed by atoms with Crippen molar-refractivity contribution in [3.05, 3.63) is 90.0 Å². The van der Waals surface area contributed by atoms with Crippen LogP contribution in [0, 0.1) is 0 Å². The van der Waals surface area contributed by atoms with Crippen molar-refractivity contribution in [3.63, 3.8) is 0 Å². The lowest BCUT2D eigenvalue weighted by molar-refractivity contribution is 0.112. The first-order valence-electron chi connectivity index (χ1n) is 7.18. The van der Waals surface area contributed by atoms with Crippen molar-refractivity contribution in [2.45, 2.75) is 6.61 Å². The Bertz CT molecular complexity index is 763. The molecule has 3 aromatic carbocycles. The number of aldehydes is 1. The first kappa shape index (κ1) is 14.1. The quantitative estimate of drug-likeness (QED) is 0.634. The van der Waals surface area contributed by atoms with Gasteiger partial charge in [0.15, 0.2) is 6.29 Å². The monoisotopic (exact) mass is 288 g/mol. The predicted octanol–water partition coefficient (Wildman–Crippen LogP) is 4.75. The summed E-state index contributed by atoms with van der Waals surface area (Å²) < 4.78 is 5.77. The second-order valence-corrected chi connectivity index (χ2v) is 5.01. The van der Waals surface area contributed by atoms with Crippen LogP contribution in [-0.4, -0.2) is 6.29 Å². The van der Waals surface area contributed by atoms with Gasteiger partial charge in [-0.15, -0.1) is 0 Å². The highest BCUT2D eigenvalue weighted by atomic mass is 16.5. The van der Waals surface area contributed by atoms with E-state index >= 15 is 0 Å². The molecule has 0 aromatic heterocycles. The minimum Gasteiger partial charge on any atom is -0.489 e. The molecule has 0 aliphatic rings. The number of ether oxygens (including phenoxy) is 1. The molecule has 0 saturated heterocycles. The Morgan fingerprint density at radius 3 is 2.41 bits per heavy atom. The first-order valence-corrected chi connectivity index (χ1v) is 7.18. The second-order valence-electron chi connectivity index (χ2n) is 5.01. The zero-order valence-electron chi connectivity index (χ0n) is 12.1.